The van der Waals surface area contributed by atoms with Crippen molar-refractivity contribution in [3.8, 4) is 0 Å². The first kappa shape index (κ1) is 22.7. The fraction of sp³-hybridized carbons (Fsp3) is 0.192. The molecule has 3 N–H and O–H groups in total. The van der Waals surface area contributed by atoms with Crippen LogP contribution in [-0.2, 0) is 31.1 Å². The minimum Gasteiger partial charge on any atom is -0.461 e. The molecule has 0 spiro atoms. The minimum absolute atomic E-state index is 0.0743. The molecule has 0 aliphatic rings. The van der Waals surface area contributed by atoms with E-state index in [9.17, 15) is 14.4 Å². The zero-order chi connectivity index (χ0) is 23.0. The Kier molecular flexibility index (Phi) is 7.39. The molecule has 0 aliphatic carbocycles. The molecule has 164 valence electrons. The van der Waals surface area contributed by atoms with Crippen LogP contribution in [0.1, 0.15) is 30.0 Å². The van der Waals surface area contributed by atoms with Gasteiger partial charge in [0.25, 0.3) is 0 Å². The largest absolute Gasteiger partial charge is 0.461 e. The normalized spacial score (nSPS) is 11.9. The van der Waals surface area contributed by atoms with Gasteiger partial charge in [-0.25, -0.2) is 0 Å². The molecule has 3 aromatic rings. The Morgan fingerprint density at radius 3 is 1.78 bits per heavy atom. The van der Waals surface area contributed by atoms with Crippen molar-refractivity contribution in [3.05, 3.63) is 108 Å². The van der Waals surface area contributed by atoms with E-state index in [4.69, 9.17) is 10.5 Å². The number of esters is 1. The van der Waals surface area contributed by atoms with Crippen molar-refractivity contribution in [3.63, 3.8) is 0 Å². The SMILES string of the molecule is CC(C(=O)N[C@@H](CC(=O)OCc1ccccc1)C(N)=O)(c1ccccc1)c1ccccc1. The Morgan fingerprint density at radius 2 is 1.31 bits per heavy atom. The maximum atomic E-state index is 13.5. The summed E-state index contributed by atoms with van der Waals surface area (Å²) in [5.74, 6) is -1.87. The first-order valence-electron chi connectivity index (χ1n) is 10.3. The summed E-state index contributed by atoms with van der Waals surface area (Å²) in [6.45, 7) is 1.85. The van der Waals surface area contributed by atoms with Crippen LogP contribution >= 0.6 is 0 Å². The highest BCUT2D eigenvalue weighted by Crippen LogP contribution is 2.32. The lowest BCUT2D eigenvalue weighted by molar-refractivity contribution is -0.147. The molecule has 0 aromatic heterocycles. The van der Waals surface area contributed by atoms with E-state index >= 15 is 0 Å². The Bertz CT molecular complexity index is 1010. The minimum atomic E-state index is -1.20. The number of carbonyl (C=O) groups excluding carboxylic acids is 3. The third-order valence-corrected chi connectivity index (χ3v) is 5.42. The number of hydrogen-bond acceptors (Lipinski definition) is 4. The molecule has 0 fully saturated rings. The summed E-state index contributed by atoms with van der Waals surface area (Å²) in [7, 11) is 0. The van der Waals surface area contributed by atoms with Gasteiger partial charge in [0.2, 0.25) is 11.8 Å². The highest BCUT2D eigenvalue weighted by atomic mass is 16.5. The van der Waals surface area contributed by atoms with Crippen LogP contribution in [0.15, 0.2) is 91.0 Å². The predicted octanol–water partition coefficient (Wildman–Crippen LogP) is 3.10. The third-order valence-electron chi connectivity index (χ3n) is 5.42. The van der Waals surface area contributed by atoms with Gasteiger partial charge in [0, 0.05) is 0 Å². The zero-order valence-corrected chi connectivity index (χ0v) is 17.9. The zero-order valence-electron chi connectivity index (χ0n) is 17.9. The van der Waals surface area contributed by atoms with Gasteiger partial charge < -0.3 is 15.8 Å². The monoisotopic (exact) mass is 430 g/mol. The maximum Gasteiger partial charge on any atom is 0.308 e. The molecule has 6 nitrogen and oxygen atoms in total. The highest BCUT2D eigenvalue weighted by molar-refractivity contribution is 5.96. The molecule has 32 heavy (non-hydrogen) atoms. The second-order valence-corrected chi connectivity index (χ2v) is 7.64. The lowest BCUT2D eigenvalue weighted by Crippen LogP contribution is -2.52. The van der Waals surface area contributed by atoms with Gasteiger partial charge >= 0.3 is 5.97 Å². The van der Waals surface area contributed by atoms with Gasteiger partial charge in [-0.2, -0.15) is 0 Å². The molecular weight excluding hydrogens is 404 g/mol. The van der Waals surface area contributed by atoms with Crippen LogP contribution in [-0.4, -0.2) is 23.8 Å². The Labute approximate surface area is 187 Å². The van der Waals surface area contributed by atoms with Crippen LogP contribution in [0.2, 0.25) is 0 Å². The van der Waals surface area contributed by atoms with E-state index in [2.05, 4.69) is 5.32 Å². The standard InChI is InChI=1S/C26H26N2O4/c1-26(20-13-7-3-8-14-20,21-15-9-4-10-16-21)25(31)28-22(24(27)30)17-23(29)32-18-19-11-5-2-6-12-19/h2-16,22H,17-18H2,1H3,(H2,27,30)(H,28,31)/t22-/m0/s1. The van der Waals surface area contributed by atoms with Gasteiger partial charge in [-0.1, -0.05) is 91.0 Å². The fourth-order valence-electron chi connectivity index (χ4n) is 3.46. The van der Waals surface area contributed by atoms with Crippen LogP contribution in [0.4, 0.5) is 0 Å². The second-order valence-electron chi connectivity index (χ2n) is 7.64. The van der Waals surface area contributed by atoms with E-state index in [0.29, 0.717) is 0 Å². The molecular formula is C26H26N2O4. The predicted molar refractivity (Wildman–Crippen MR) is 121 cm³/mol. The number of primary amides is 1. The molecule has 0 saturated heterocycles. The number of nitrogens with one attached hydrogen (secondary N) is 1. The van der Waals surface area contributed by atoms with E-state index in [1.165, 1.54) is 0 Å². The number of amides is 2. The van der Waals surface area contributed by atoms with Gasteiger partial charge in [0.05, 0.1) is 11.8 Å². The molecule has 0 saturated carbocycles. The fourth-order valence-corrected chi connectivity index (χ4v) is 3.46. The molecule has 1 atom stereocenters. The molecule has 3 aromatic carbocycles. The topological polar surface area (TPSA) is 98.5 Å². The van der Waals surface area contributed by atoms with Crippen molar-refractivity contribution >= 4 is 17.8 Å². The quantitative estimate of drug-likeness (QED) is 0.510. The van der Waals surface area contributed by atoms with Crippen LogP contribution in [0.25, 0.3) is 0 Å². The van der Waals surface area contributed by atoms with Gasteiger partial charge in [-0.15, -0.1) is 0 Å². The maximum absolute atomic E-state index is 13.5. The van der Waals surface area contributed by atoms with E-state index in [1.54, 1.807) is 6.92 Å². The second kappa shape index (κ2) is 10.4. The first-order valence-corrected chi connectivity index (χ1v) is 10.3. The average molecular weight is 431 g/mol. The number of ether oxygens (including phenoxy) is 1. The Balaban J connectivity index is 1.77. The first-order chi connectivity index (χ1) is 15.4. The number of rotatable bonds is 9. The number of nitrogens with two attached hydrogens (primary N) is 1. The van der Waals surface area contributed by atoms with Crippen LogP contribution in [0, 0.1) is 0 Å². The molecule has 0 aliphatic heterocycles. The van der Waals surface area contributed by atoms with Gasteiger partial charge in [0.1, 0.15) is 12.6 Å². The summed E-state index contributed by atoms with van der Waals surface area (Å²) in [5.41, 5.74) is 6.72. The summed E-state index contributed by atoms with van der Waals surface area (Å²) < 4.78 is 5.25. The van der Waals surface area contributed by atoms with Crippen molar-refractivity contribution in [2.24, 2.45) is 5.73 Å². The lowest BCUT2D eigenvalue weighted by Gasteiger charge is -2.31. The average Bonchev–Trinajstić information content (AvgIpc) is 2.83. The van der Waals surface area contributed by atoms with Crippen LogP contribution in [0.3, 0.4) is 0 Å². The molecule has 2 amide bonds. The van der Waals surface area contributed by atoms with Crippen LogP contribution < -0.4 is 11.1 Å². The van der Waals surface area contributed by atoms with E-state index in [1.807, 2.05) is 91.0 Å². The summed E-state index contributed by atoms with van der Waals surface area (Å²) in [6, 6.07) is 26.5. The molecule has 3 rings (SSSR count). The van der Waals surface area contributed by atoms with E-state index in [-0.39, 0.29) is 13.0 Å². The number of benzene rings is 3. The molecule has 0 radical (unpaired) electrons. The van der Waals surface area contributed by atoms with E-state index in [0.717, 1.165) is 16.7 Å². The van der Waals surface area contributed by atoms with Crippen molar-refractivity contribution in [1.82, 2.24) is 5.32 Å². The molecule has 6 heteroatoms. The lowest BCUT2D eigenvalue weighted by atomic mass is 9.75. The summed E-state index contributed by atoms with van der Waals surface area (Å²) in [6.07, 6.45) is -0.354. The number of carbonyl (C=O) groups is 3. The third kappa shape index (κ3) is 5.40. The van der Waals surface area contributed by atoms with Crippen molar-refractivity contribution in [2.45, 2.75) is 31.4 Å². The summed E-state index contributed by atoms with van der Waals surface area (Å²) >= 11 is 0. The van der Waals surface area contributed by atoms with Crippen molar-refractivity contribution in [2.75, 3.05) is 0 Å². The summed E-state index contributed by atoms with van der Waals surface area (Å²) in [5, 5.41) is 2.67. The van der Waals surface area contributed by atoms with Gasteiger partial charge in [-0.05, 0) is 23.6 Å². The van der Waals surface area contributed by atoms with Crippen LogP contribution in [0.5, 0.6) is 0 Å². The van der Waals surface area contributed by atoms with E-state index < -0.39 is 29.2 Å². The number of hydrogen-bond donors (Lipinski definition) is 2. The molecule has 0 heterocycles. The smallest absolute Gasteiger partial charge is 0.308 e. The van der Waals surface area contributed by atoms with Crippen molar-refractivity contribution in [1.29, 1.82) is 0 Å². The summed E-state index contributed by atoms with van der Waals surface area (Å²) in [4.78, 5) is 37.8. The highest BCUT2D eigenvalue weighted by Gasteiger charge is 2.39. The van der Waals surface area contributed by atoms with Crippen molar-refractivity contribution < 1.29 is 19.1 Å². The molecule has 0 unspecified atom stereocenters. The molecule has 0 bridgehead atoms. The van der Waals surface area contributed by atoms with Gasteiger partial charge in [-0.3, -0.25) is 14.4 Å². The Hall–Kier alpha value is -3.93. The Morgan fingerprint density at radius 1 is 0.844 bits per heavy atom. The van der Waals surface area contributed by atoms with Gasteiger partial charge in [0.15, 0.2) is 0 Å².